The molecule has 2 aliphatic carbocycles. The number of carbonyl (C=O) groups excluding carboxylic acids is 4. The molecule has 4 aliphatic rings. The third-order valence-electron chi connectivity index (χ3n) is 9.86. The molecule has 4 aromatic heterocycles. The van der Waals surface area contributed by atoms with Gasteiger partial charge < -0.3 is 16.0 Å². The first-order chi connectivity index (χ1) is 27.1. The molecule has 2 saturated heterocycles. The molecule has 6 amide bonds. The molecule has 15 heteroatoms. The largest absolute Gasteiger partial charge is 0.364 e. The fourth-order valence-corrected chi connectivity index (χ4v) is 6.69. The maximum atomic E-state index is 11.9. The van der Waals surface area contributed by atoms with Crippen LogP contribution in [0, 0.1) is 19.8 Å². The molecule has 0 bridgehead atoms. The minimum Gasteiger partial charge on any atom is -0.364 e. The molecule has 15 nitrogen and oxygen atoms in total. The van der Waals surface area contributed by atoms with E-state index in [2.05, 4.69) is 61.7 Å². The van der Waals surface area contributed by atoms with Crippen molar-refractivity contribution in [2.45, 2.75) is 52.0 Å². The standard InChI is InChI=1S/C21H19N5O2.C20H18N6O2/c1-12-3-2-4-14(7-12)18-11-26-15(9-17-20(27)25-21(28)24-17)10-22-19(26)16(23-18)8-13-5-6-13;1-11-3-2-4-12(7-11)16-10-26-14(8-15-19(27)25-20(28)24-15)9-21-18(26)17(23-16)22-13-5-6-13/h2-4,7,9-11,13H,5-6,8H2,1H3,(H2,24,25,27,28);2-4,7-10,13H,5-6H2,1H3,(H,22,23)(H2,24,25,27,28)/b17-9-;15-8-. The van der Waals surface area contributed by atoms with E-state index in [0.29, 0.717) is 29.1 Å². The number of hydrogen-bond donors (Lipinski definition) is 5. The van der Waals surface area contributed by atoms with E-state index >= 15 is 0 Å². The summed E-state index contributed by atoms with van der Waals surface area (Å²) >= 11 is 0. The Hall–Kier alpha value is -7.16. The monoisotopic (exact) mass is 747 g/mol. The highest BCUT2D eigenvalue weighted by Crippen LogP contribution is 2.34. The third-order valence-corrected chi connectivity index (χ3v) is 9.86. The first-order valence-electron chi connectivity index (χ1n) is 18.5. The Labute approximate surface area is 320 Å². The Morgan fingerprint density at radius 1 is 0.696 bits per heavy atom. The van der Waals surface area contributed by atoms with Crippen molar-refractivity contribution < 1.29 is 19.2 Å². The molecule has 0 spiro atoms. The van der Waals surface area contributed by atoms with Crippen LogP contribution in [-0.4, -0.2) is 58.7 Å². The Balaban J connectivity index is 0.000000146. The van der Waals surface area contributed by atoms with Crippen LogP contribution in [0.5, 0.6) is 0 Å². The van der Waals surface area contributed by atoms with Gasteiger partial charge in [0.15, 0.2) is 17.1 Å². The molecule has 0 atom stereocenters. The number of aromatic nitrogens is 6. The average molecular weight is 748 g/mol. The summed E-state index contributed by atoms with van der Waals surface area (Å²) in [5.74, 6) is 0.490. The van der Waals surface area contributed by atoms with Gasteiger partial charge in [-0.05, 0) is 76.2 Å². The predicted molar refractivity (Wildman–Crippen MR) is 209 cm³/mol. The van der Waals surface area contributed by atoms with E-state index in [0.717, 1.165) is 64.4 Å². The highest BCUT2D eigenvalue weighted by molar-refractivity contribution is 6.14. The smallest absolute Gasteiger partial charge is 0.326 e. The zero-order valence-electron chi connectivity index (χ0n) is 30.6. The maximum absolute atomic E-state index is 11.9. The number of nitrogens with one attached hydrogen (secondary N) is 5. The number of rotatable bonds is 8. The van der Waals surface area contributed by atoms with Crippen molar-refractivity contribution in [2.24, 2.45) is 5.92 Å². The van der Waals surface area contributed by atoms with Crippen LogP contribution in [-0.2, 0) is 16.0 Å². The second kappa shape index (κ2) is 13.9. The number of amides is 6. The highest BCUT2D eigenvalue weighted by atomic mass is 16.2. The first-order valence-corrected chi connectivity index (χ1v) is 18.5. The van der Waals surface area contributed by atoms with Crippen molar-refractivity contribution in [2.75, 3.05) is 5.32 Å². The van der Waals surface area contributed by atoms with E-state index in [1.165, 1.54) is 18.4 Å². The van der Waals surface area contributed by atoms with E-state index < -0.39 is 23.9 Å². The summed E-state index contributed by atoms with van der Waals surface area (Å²) in [6.45, 7) is 4.10. The number of aryl methyl sites for hydroxylation is 2. The van der Waals surface area contributed by atoms with Crippen molar-refractivity contribution in [3.63, 3.8) is 0 Å². The summed E-state index contributed by atoms with van der Waals surface area (Å²) in [5, 5.41) is 12.9. The zero-order chi connectivity index (χ0) is 38.5. The molecule has 2 aromatic carbocycles. The van der Waals surface area contributed by atoms with Crippen LogP contribution in [0.4, 0.5) is 15.4 Å². The van der Waals surface area contributed by atoms with Gasteiger partial charge in [-0.3, -0.25) is 29.0 Å². The molecule has 0 unspecified atom stereocenters. The molecule has 56 heavy (non-hydrogen) atoms. The highest BCUT2D eigenvalue weighted by Gasteiger charge is 2.28. The lowest BCUT2D eigenvalue weighted by atomic mass is 10.1. The van der Waals surface area contributed by atoms with Crippen LogP contribution >= 0.6 is 0 Å². The molecule has 2 aliphatic heterocycles. The number of imidazole rings is 2. The SMILES string of the molecule is Cc1cccc(-c2cn3c(/C=C4\NC(=O)NC4=O)cnc3c(CC3CC3)n2)c1.Cc1cccc(-c2cn3c(/C=C4\NC(=O)NC4=O)cnc3c(NC3CC3)n2)c1. The van der Waals surface area contributed by atoms with E-state index in [1.54, 1.807) is 24.5 Å². The number of nitrogens with zero attached hydrogens (tertiary/aromatic N) is 6. The first kappa shape index (κ1) is 34.6. The Morgan fingerprint density at radius 3 is 1.73 bits per heavy atom. The van der Waals surface area contributed by atoms with E-state index in [4.69, 9.17) is 9.97 Å². The van der Waals surface area contributed by atoms with Crippen LogP contribution in [0.25, 0.3) is 46.0 Å². The number of hydrogen-bond acceptors (Lipinski definition) is 9. The summed E-state index contributed by atoms with van der Waals surface area (Å²) in [4.78, 5) is 65.3. The van der Waals surface area contributed by atoms with Crippen molar-refractivity contribution in [1.82, 2.24) is 50.0 Å². The summed E-state index contributed by atoms with van der Waals surface area (Å²) in [6, 6.07) is 15.7. The molecule has 0 radical (unpaired) electrons. The van der Waals surface area contributed by atoms with E-state index in [-0.39, 0.29) is 11.4 Å². The molecule has 6 aromatic rings. The minimum atomic E-state index is -0.525. The topological polar surface area (TPSA) is 189 Å². The summed E-state index contributed by atoms with van der Waals surface area (Å²) in [6.07, 6.45) is 16.1. The summed E-state index contributed by atoms with van der Waals surface area (Å²) in [7, 11) is 0. The lowest BCUT2D eigenvalue weighted by Crippen LogP contribution is -2.22. The van der Waals surface area contributed by atoms with Crippen LogP contribution in [0.1, 0.15) is 53.9 Å². The van der Waals surface area contributed by atoms with Crippen LogP contribution in [0.3, 0.4) is 0 Å². The number of anilines is 1. The van der Waals surface area contributed by atoms with Crippen LogP contribution < -0.4 is 26.6 Å². The minimum absolute atomic E-state index is 0.192. The molecule has 5 N–H and O–H groups in total. The van der Waals surface area contributed by atoms with Gasteiger partial charge in [-0.2, -0.15) is 0 Å². The summed E-state index contributed by atoms with van der Waals surface area (Å²) < 4.78 is 3.84. The van der Waals surface area contributed by atoms with Gasteiger partial charge in [0.2, 0.25) is 0 Å². The normalized spacial score (nSPS) is 17.9. The van der Waals surface area contributed by atoms with E-state index in [1.807, 2.05) is 58.5 Å². The Kier molecular flexibility index (Phi) is 8.60. The fourth-order valence-electron chi connectivity index (χ4n) is 6.69. The van der Waals surface area contributed by atoms with Gasteiger partial charge in [0.25, 0.3) is 11.8 Å². The fraction of sp³-hybridized carbons (Fsp3) is 0.220. The number of benzene rings is 2. The average Bonchev–Trinajstić information content (AvgIpc) is 4.03. The Morgan fingerprint density at radius 2 is 1.23 bits per heavy atom. The van der Waals surface area contributed by atoms with Crippen LogP contribution in [0.2, 0.25) is 0 Å². The molecule has 2 saturated carbocycles. The van der Waals surface area contributed by atoms with E-state index in [9.17, 15) is 19.2 Å². The van der Waals surface area contributed by atoms with Crippen LogP contribution in [0.15, 0.2) is 84.7 Å². The predicted octanol–water partition coefficient (Wildman–Crippen LogP) is 5.30. The second-order valence-corrected chi connectivity index (χ2v) is 14.5. The van der Waals surface area contributed by atoms with Gasteiger partial charge in [-0.15, -0.1) is 0 Å². The van der Waals surface area contributed by atoms with Gasteiger partial charge >= 0.3 is 12.1 Å². The molecular weight excluding hydrogens is 711 g/mol. The number of urea groups is 2. The van der Waals surface area contributed by atoms with Gasteiger partial charge in [-0.1, -0.05) is 47.5 Å². The quantitative estimate of drug-likeness (QED) is 0.102. The van der Waals surface area contributed by atoms with Crippen molar-refractivity contribution in [1.29, 1.82) is 0 Å². The molecular formula is C41H37N11O4. The molecule has 6 heterocycles. The number of carbonyl (C=O) groups is 4. The molecule has 280 valence electrons. The number of imide groups is 2. The van der Waals surface area contributed by atoms with Gasteiger partial charge in [0, 0.05) is 29.6 Å². The second-order valence-electron chi connectivity index (χ2n) is 14.5. The van der Waals surface area contributed by atoms with Crippen molar-refractivity contribution in [3.8, 4) is 22.5 Å². The van der Waals surface area contributed by atoms with Gasteiger partial charge in [0.05, 0.1) is 40.9 Å². The lowest BCUT2D eigenvalue weighted by Gasteiger charge is -2.10. The molecule has 4 fully saturated rings. The summed E-state index contributed by atoms with van der Waals surface area (Å²) in [5.41, 5.74) is 10.3. The van der Waals surface area contributed by atoms with Crippen molar-refractivity contribution in [3.05, 3.63) is 113 Å². The lowest BCUT2D eigenvalue weighted by molar-refractivity contribution is -0.116. The van der Waals surface area contributed by atoms with Gasteiger partial charge in [-0.25, -0.2) is 29.5 Å². The van der Waals surface area contributed by atoms with Gasteiger partial charge in [0.1, 0.15) is 11.4 Å². The Bertz CT molecular complexity index is 2500. The third kappa shape index (κ3) is 7.21. The zero-order valence-corrected chi connectivity index (χ0v) is 30.6. The maximum Gasteiger partial charge on any atom is 0.326 e. The molecule has 10 rings (SSSR count). The number of fused-ring (bicyclic) bond motifs is 2. The van der Waals surface area contributed by atoms with Crippen molar-refractivity contribution >= 4 is 53.1 Å².